The molecule has 2 rings (SSSR count). The molecule has 0 aliphatic carbocycles. The van der Waals surface area contributed by atoms with Crippen LogP contribution in [0.15, 0.2) is 43.4 Å². The van der Waals surface area contributed by atoms with Crippen LogP contribution in [0.1, 0.15) is 5.56 Å². The van der Waals surface area contributed by atoms with E-state index in [-0.39, 0.29) is 0 Å². The van der Waals surface area contributed by atoms with Crippen molar-refractivity contribution in [2.24, 2.45) is 5.10 Å². The van der Waals surface area contributed by atoms with Crippen molar-refractivity contribution in [3.63, 3.8) is 0 Å². The molecule has 0 atom stereocenters. The van der Waals surface area contributed by atoms with Crippen molar-refractivity contribution < 1.29 is 0 Å². The first-order chi connectivity index (χ1) is 7.66. The molecule has 0 saturated heterocycles. The molecule has 0 unspecified atom stereocenters. The zero-order chi connectivity index (χ0) is 11.5. The quantitative estimate of drug-likeness (QED) is 0.787. The van der Waals surface area contributed by atoms with E-state index in [0.717, 1.165) is 10.0 Å². The summed E-state index contributed by atoms with van der Waals surface area (Å²) < 4.78 is 1.66. The highest BCUT2D eigenvalue weighted by Gasteiger charge is 1.98. The number of benzene rings is 1. The molecule has 0 aliphatic rings. The Bertz CT molecular complexity index is 592. The van der Waals surface area contributed by atoms with Crippen molar-refractivity contribution in [2.75, 3.05) is 0 Å². The molecule has 0 bridgehead atoms. The predicted molar refractivity (Wildman–Crippen MR) is 62.8 cm³/mol. The maximum absolute atomic E-state index is 11.1. The van der Waals surface area contributed by atoms with Crippen LogP contribution in [0.2, 0.25) is 0 Å². The third kappa shape index (κ3) is 2.19. The van der Waals surface area contributed by atoms with Gasteiger partial charge in [0.25, 0.3) is 0 Å². The van der Waals surface area contributed by atoms with E-state index < -0.39 is 11.4 Å². The molecular weight excluding hydrogens is 276 g/mol. The van der Waals surface area contributed by atoms with E-state index in [2.05, 4.69) is 31.2 Å². The van der Waals surface area contributed by atoms with Crippen LogP contribution in [0.5, 0.6) is 0 Å². The summed E-state index contributed by atoms with van der Waals surface area (Å²) >= 11 is 3.30. The van der Waals surface area contributed by atoms with Gasteiger partial charge in [-0.05, 0) is 17.7 Å². The number of hydrogen-bond acceptors (Lipinski definition) is 3. The molecule has 7 heteroatoms. The maximum atomic E-state index is 11.1. The largest absolute Gasteiger partial charge is 0.365 e. The molecule has 2 N–H and O–H groups in total. The Morgan fingerprint density at radius 3 is 2.25 bits per heavy atom. The van der Waals surface area contributed by atoms with Crippen molar-refractivity contribution in [2.45, 2.75) is 0 Å². The summed E-state index contributed by atoms with van der Waals surface area (Å²) in [6.45, 7) is 0. The van der Waals surface area contributed by atoms with Crippen molar-refractivity contribution in [3.05, 3.63) is 55.3 Å². The summed E-state index contributed by atoms with van der Waals surface area (Å²) in [5.41, 5.74) is -0.410. The molecule has 6 nitrogen and oxygen atoms in total. The smallest absolute Gasteiger partial charge is 0.246 e. The fraction of sp³-hybridized carbons (Fsp3) is 0. The number of hydrogen-bond donors (Lipinski definition) is 2. The minimum Gasteiger partial charge on any atom is -0.246 e. The topological polar surface area (TPSA) is 83.0 Å². The molecule has 2 aromatic rings. The highest BCUT2D eigenvalue weighted by molar-refractivity contribution is 9.10. The number of aromatic amines is 2. The second-order valence-electron chi connectivity index (χ2n) is 2.97. The van der Waals surface area contributed by atoms with Crippen LogP contribution < -0.4 is 11.4 Å². The summed E-state index contributed by atoms with van der Waals surface area (Å²) in [5.74, 6) is 0. The van der Waals surface area contributed by atoms with Gasteiger partial charge in [-0.1, -0.05) is 28.1 Å². The molecule has 0 saturated carbocycles. The second-order valence-corrected chi connectivity index (χ2v) is 3.88. The first kappa shape index (κ1) is 10.6. The minimum atomic E-state index is -0.599. The highest BCUT2D eigenvalue weighted by atomic mass is 79.9. The Hall–Kier alpha value is -1.89. The number of aromatic nitrogens is 3. The lowest BCUT2D eigenvalue weighted by molar-refractivity contribution is 0.801. The van der Waals surface area contributed by atoms with Crippen molar-refractivity contribution in [1.29, 1.82) is 0 Å². The minimum absolute atomic E-state index is 0.599. The van der Waals surface area contributed by atoms with E-state index in [1.54, 1.807) is 12.1 Å². The first-order valence-electron chi connectivity index (χ1n) is 4.36. The number of nitrogens with zero attached hydrogens (tertiary/aromatic N) is 2. The Balaban J connectivity index is 2.31. The fourth-order valence-corrected chi connectivity index (χ4v) is 1.35. The van der Waals surface area contributed by atoms with Crippen molar-refractivity contribution in [3.8, 4) is 0 Å². The summed E-state index contributed by atoms with van der Waals surface area (Å²) in [6, 6.07) is 7.29. The van der Waals surface area contributed by atoms with Gasteiger partial charge in [0.2, 0.25) is 0 Å². The van der Waals surface area contributed by atoms with Gasteiger partial charge in [-0.3, -0.25) is 0 Å². The van der Waals surface area contributed by atoms with Crippen LogP contribution >= 0.6 is 15.9 Å². The molecule has 0 fully saturated rings. The van der Waals surface area contributed by atoms with Crippen molar-refractivity contribution in [1.82, 2.24) is 14.9 Å². The molecule has 1 heterocycles. The number of halogens is 1. The van der Waals surface area contributed by atoms with Gasteiger partial charge in [-0.15, -0.1) is 4.68 Å². The lowest BCUT2D eigenvalue weighted by Gasteiger charge is -1.92. The summed E-state index contributed by atoms with van der Waals surface area (Å²) in [4.78, 5) is 22.1. The maximum Gasteiger partial charge on any atom is 0.365 e. The van der Waals surface area contributed by atoms with Crippen LogP contribution in [0, 0.1) is 0 Å². The number of rotatable bonds is 2. The van der Waals surface area contributed by atoms with Gasteiger partial charge >= 0.3 is 11.4 Å². The monoisotopic (exact) mass is 282 g/mol. The van der Waals surface area contributed by atoms with Gasteiger partial charge in [0, 0.05) is 4.47 Å². The van der Waals surface area contributed by atoms with Crippen molar-refractivity contribution >= 4 is 22.1 Å². The standard InChI is InChI=1S/C9H7BrN4O2/c10-7-3-1-6(2-4-7)5-11-14-8(15)12-13-9(14)16/h1-5H,(H,12,15)(H,13,16). The van der Waals surface area contributed by atoms with Crippen LogP contribution in [0.25, 0.3) is 0 Å². The number of nitrogens with one attached hydrogen (secondary N) is 2. The van der Waals surface area contributed by atoms with E-state index in [0.29, 0.717) is 4.68 Å². The van der Waals surface area contributed by atoms with Gasteiger partial charge in [0.1, 0.15) is 0 Å². The van der Waals surface area contributed by atoms with Crippen LogP contribution in [0.4, 0.5) is 0 Å². The first-order valence-corrected chi connectivity index (χ1v) is 5.16. The van der Waals surface area contributed by atoms with Crippen LogP contribution in [0.3, 0.4) is 0 Å². The Morgan fingerprint density at radius 1 is 1.12 bits per heavy atom. The Morgan fingerprint density at radius 2 is 1.69 bits per heavy atom. The molecule has 16 heavy (non-hydrogen) atoms. The van der Waals surface area contributed by atoms with Gasteiger partial charge < -0.3 is 0 Å². The fourth-order valence-electron chi connectivity index (χ4n) is 1.08. The molecule has 1 aromatic carbocycles. The molecule has 0 spiro atoms. The zero-order valence-electron chi connectivity index (χ0n) is 7.98. The Labute approximate surface area is 97.7 Å². The van der Waals surface area contributed by atoms with E-state index in [4.69, 9.17) is 0 Å². The molecule has 1 aromatic heterocycles. The highest BCUT2D eigenvalue weighted by Crippen LogP contribution is 2.08. The van der Waals surface area contributed by atoms with Gasteiger partial charge in [-0.2, -0.15) is 5.10 Å². The van der Waals surface area contributed by atoms with Gasteiger partial charge in [0.15, 0.2) is 0 Å². The third-order valence-electron chi connectivity index (χ3n) is 1.85. The average Bonchev–Trinajstić information content (AvgIpc) is 2.59. The second kappa shape index (κ2) is 4.31. The van der Waals surface area contributed by atoms with Gasteiger partial charge in [-0.25, -0.2) is 19.8 Å². The normalized spacial score (nSPS) is 11.1. The van der Waals surface area contributed by atoms with E-state index >= 15 is 0 Å². The summed E-state index contributed by atoms with van der Waals surface area (Å²) in [6.07, 6.45) is 1.43. The number of H-pyrrole nitrogens is 2. The molecule has 0 aliphatic heterocycles. The van der Waals surface area contributed by atoms with E-state index in [9.17, 15) is 9.59 Å². The zero-order valence-corrected chi connectivity index (χ0v) is 9.56. The summed E-state index contributed by atoms with van der Waals surface area (Å²) in [7, 11) is 0. The Kier molecular flexibility index (Phi) is 2.86. The molecular formula is C9H7BrN4O2. The summed E-state index contributed by atoms with van der Waals surface area (Å²) in [5, 5.41) is 8.02. The lowest BCUT2D eigenvalue weighted by atomic mass is 10.2. The predicted octanol–water partition coefficient (Wildman–Crippen LogP) is 0.509. The average molecular weight is 283 g/mol. The van der Waals surface area contributed by atoms with E-state index in [1.807, 2.05) is 12.1 Å². The molecule has 0 amide bonds. The molecule has 0 radical (unpaired) electrons. The third-order valence-corrected chi connectivity index (χ3v) is 2.38. The van der Waals surface area contributed by atoms with Crippen LogP contribution in [-0.2, 0) is 0 Å². The molecule has 82 valence electrons. The van der Waals surface area contributed by atoms with E-state index in [1.165, 1.54) is 6.21 Å². The van der Waals surface area contributed by atoms with Crippen LogP contribution in [-0.4, -0.2) is 21.1 Å². The SMILES string of the molecule is O=c1[nH][nH]c(=O)n1N=Cc1ccc(Br)cc1. The van der Waals surface area contributed by atoms with Gasteiger partial charge in [0.05, 0.1) is 6.21 Å². The lowest BCUT2D eigenvalue weighted by Crippen LogP contribution is -2.22.